The molecule has 1 saturated carbocycles. The van der Waals surface area contributed by atoms with Crippen molar-refractivity contribution in [1.29, 1.82) is 0 Å². The predicted molar refractivity (Wildman–Crippen MR) is 64.5 cm³/mol. The van der Waals surface area contributed by atoms with Crippen molar-refractivity contribution in [3.05, 3.63) is 22.2 Å². The number of hydrogen-bond donors (Lipinski definition) is 1. The Hall–Kier alpha value is -0.740. The molecule has 0 bridgehead atoms. The molecule has 4 heteroatoms. The molecule has 3 nitrogen and oxygen atoms in total. The molecule has 1 heterocycles. The summed E-state index contributed by atoms with van der Waals surface area (Å²) in [6.45, 7) is 0.309. The molecule has 0 aromatic heterocycles. The smallest absolute Gasteiger partial charge is 0.231 e. The van der Waals surface area contributed by atoms with E-state index in [1.807, 2.05) is 12.1 Å². The maximum Gasteiger partial charge on any atom is 0.231 e. The minimum absolute atomic E-state index is 0.109. The SMILES string of the molecule is N[C@H](c1cc2c(cc1Br)OCO2)C1CCC1. The minimum Gasteiger partial charge on any atom is -0.454 e. The number of ether oxygens (including phenoxy) is 2. The molecule has 0 spiro atoms. The van der Waals surface area contributed by atoms with Crippen LogP contribution in [0, 0.1) is 5.92 Å². The number of fused-ring (bicyclic) bond motifs is 1. The zero-order valence-electron chi connectivity index (χ0n) is 8.91. The van der Waals surface area contributed by atoms with E-state index in [0.717, 1.165) is 21.5 Å². The number of hydrogen-bond acceptors (Lipinski definition) is 3. The van der Waals surface area contributed by atoms with Gasteiger partial charge < -0.3 is 15.2 Å². The fourth-order valence-corrected chi connectivity index (χ4v) is 2.83. The highest BCUT2D eigenvalue weighted by molar-refractivity contribution is 9.10. The number of rotatable bonds is 2. The van der Waals surface area contributed by atoms with Crippen molar-refractivity contribution >= 4 is 15.9 Å². The van der Waals surface area contributed by atoms with Gasteiger partial charge in [0.15, 0.2) is 11.5 Å². The van der Waals surface area contributed by atoms with Gasteiger partial charge in [0.2, 0.25) is 6.79 Å². The summed E-state index contributed by atoms with van der Waals surface area (Å²) in [6, 6.07) is 4.07. The fraction of sp³-hybridized carbons (Fsp3) is 0.500. The van der Waals surface area contributed by atoms with Crippen LogP contribution in [0.5, 0.6) is 11.5 Å². The molecule has 86 valence electrons. The van der Waals surface area contributed by atoms with Crippen molar-refractivity contribution in [2.24, 2.45) is 11.7 Å². The van der Waals surface area contributed by atoms with E-state index in [1.165, 1.54) is 19.3 Å². The van der Waals surface area contributed by atoms with Gasteiger partial charge in [-0.2, -0.15) is 0 Å². The van der Waals surface area contributed by atoms with Gasteiger partial charge in [-0.3, -0.25) is 0 Å². The summed E-state index contributed by atoms with van der Waals surface area (Å²) in [7, 11) is 0. The average molecular weight is 284 g/mol. The van der Waals surface area contributed by atoms with Crippen LogP contribution in [0.15, 0.2) is 16.6 Å². The highest BCUT2D eigenvalue weighted by Crippen LogP contribution is 2.43. The van der Waals surface area contributed by atoms with Gasteiger partial charge in [-0.25, -0.2) is 0 Å². The van der Waals surface area contributed by atoms with E-state index in [0.29, 0.717) is 12.7 Å². The summed E-state index contributed by atoms with van der Waals surface area (Å²) >= 11 is 3.56. The van der Waals surface area contributed by atoms with Crippen LogP contribution in [0.3, 0.4) is 0 Å². The second-order valence-electron chi connectivity index (χ2n) is 4.44. The normalized spacial score (nSPS) is 20.6. The van der Waals surface area contributed by atoms with Gasteiger partial charge in [0, 0.05) is 10.5 Å². The second-order valence-corrected chi connectivity index (χ2v) is 5.30. The van der Waals surface area contributed by atoms with E-state index < -0.39 is 0 Å². The number of benzene rings is 1. The minimum atomic E-state index is 0.109. The van der Waals surface area contributed by atoms with Gasteiger partial charge in [0.25, 0.3) is 0 Å². The lowest BCUT2D eigenvalue weighted by Crippen LogP contribution is -2.27. The van der Waals surface area contributed by atoms with Crippen LogP contribution in [0.2, 0.25) is 0 Å². The van der Waals surface area contributed by atoms with Gasteiger partial charge in [-0.1, -0.05) is 22.4 Å². The van der Waals surface area contributed by atoms with Gasteiger partial charge in [-0.15, -0.1) is 0 Å². The molecule has 1 atom stereocenters. The molecule has 1 aromatic rings. The van der Waals surface area contributed by atoms with Crippen LogP contribution in [-0.4, -0.2) is 6.79 Å². The first-order valence-corrected chi connectivity index (χ1v) is 6.39. The summed E-state index contributed by atoms with van der Waals surface area (Å²) in [5.74, 6) is 2.24. The van der Waals surface area contributed by atoms with Crippen LogP contribution in [0.1, 0.15) is 30.9 Å². The highest BCUT2D eigenvalue weighted by atomic mass is 79.9. The molecule has 2 aliphatic rings. The molecule has 1 fully saturated rings. The highest BCUT2D eigenvalue weighted by Gasteiger charge is 2.28. The summed E-state index contributed by atoms with van der Waals surface area (Å²) in [5.41, 5.74) is 7.40. The maximum absolute atomic E-state index is 6.27. The van der Waals surface area contributed by atoms with E-state index in [2.05, 4.69) is 15.9 Å². The number of nitrogens with two attached hydrogens (primary N) is 1. The van der Waals surface area contributed by atoms with Crippen molar-refractivity contribution in [2.45, 2.75) is 25.3 Å². The Balaban J connectivity index is 1.94. The molecule has 0 amide bonds. The Morgan fingerprint density at radius 3 is 2.56 bits per heavy atom. The first-order valence-electron chi connectivity index (χ1n) is 5.60. The third kappa shape index (κ3) is 1.60. The summed E-state index contributed by atoms with van der Waals surface area (Å²) < 4.78 is 11.7. The van der Waals surface area contributed by atoms with E-state index >= 15 is 0 Å². The molecule has 0 saturated heterocycles. The second kappa shape index (κ2) is 3.93. The summed E-state index contributed by atoms with van der Waals surface area (Å²) in [5, 5.41) is 0. The van der Waals surface area contributed by atoms with Gasteiger partial charge in [0.1, 0.15) is 0 Å². The van der Waals surface area contributed by atoms with Gasteiger partial charge in [0.05, 0.1) is 0 Å². The quantitative estimate of drug-likeness (QED) is 0.908. The van der Waals surface area contributed by atoms with E-state index in [1.54, 1.807) is 0 Å². The zero-order valence-corrected chi connectivity index (χ0v) is 10.5. The van der Waals surface area contributed by atoms with Gasteiger partial charge in [-0.05, 0) is 36.5 Å². The van der Waals surface area contributed by atoms with E-state index in [-0.39, 0.29) is 6.04 Å². The van der Waals surface area contributed by atoms with Crippen molar-refractivity contribution < 1.29 is 9.47 Å². The lowest BCUT2D eigenvalue weighted by Gasteiger charge is -2.32. The zero-order chi connectivity index (χ0) is 11.1. The molecule has 1 aromatic carbocycles. The largest absolute Gasteiger partial charge is 0.454 e. The molecular weight excluding hydrogens is 270 g/mol. The fourth-order valence-electron chi connectivity index (χ4n) is 2.24. The van der Waals surface area contributed by atoms with Crippen LogP contribution in [0.4, 0.5) is 0 Å². The predicted octanol–water partition coefficient (Wildman–Crippen LogP) is 2.98. The first kappa shape index (κ1) is 10.4. The van der Waals surface area contributed by atoms with Crippen LogP contribution >= 0.6 is 15.9 Å². The molecule has 1 aliphatic heterocycles. The molecule has 0 unspecified atom stereocenters. The Morgan fingerprint density at radius 2 is 1.94 bits per heavy atom. The molecule has 1 aliphatic carbocycles. The average Bonchev–Trinajstić information content (AvgIpc) is 2.60. The van der Waals surface area contributed by atoms with Crippen molar-refractivity contribution in [3.63, 3.8) is 0 Å². The summed E-state index contributed by atoms with van der Waals surface area (Å²) in [6.07, 6.45) is 3.78. The Kier molecular flexibility index (Phi) is 2.56. The molecular formula is C12H14BrNO2. The van der Waals surface area contributed by atoms with Crippen molar-refractivity contribution in [2.75, 3.05) is 6.79 Å². The topological polar surface area (TPSA) is 44.5 Å². The lowest BCUT2D eigenvalue weighted by atomic mass is 9.77. The van der Waals surface area contributed by atoms with Crippen molar-refractivity contribution in [3.8, 4) is 11.5 Å². The Bertz CT molecular complexity index is 418. The Morgan fingerprint density at radius 1 is 1.25 bits per heavy atom. The van der Waals surface area contributed by atoms with Crippen molar-refractivity contribution in [1.82, 2.24) is 0 Å². The Labute approximate surface area is 103 Å². The monoisotopic (exact) mass is 283 g/mol. The van der Waals surface area contributed by atoms with Crippen LogP contribution < -0.4 is 15.2 Å². The third-order valence-corrected chi connectivity index (χ3v) is 4.20. The van der Waals surface area contributed by atoms with Crippen LogP contribution in [-0.2, 0) is 0 Å². The first-order chi connectivity index (χ1) is 7.75. The summed E-state index contributed by atoms with van der Waals surface area (Å²) in [4.78, 5) is 0. The lowest BCUT2D eigenvalue weighted by molar-refractivity contribution is 0.174. The van der Waals surface area contributed by atoms with Gasteiger partial charge >= 0.3 is 0 Å². The van der Waals surface area contributed by atoms with E-state index in [4.69, 9.17) is 15.2 Å². The third-order valence-electron chi connectivity index (χ3n) is 3.51. The molecule has 16 heavy (non-hydrogen) atoms. The maximum atomic E-state index is 6.27. The molecule has 2 N–H and O–H groups in total. The molecule has 0 radical (unpaired) electrons. The van der Waals surface area contributed by atoms with Crippen LogP contribution in [0.25, 0.3) is 0 Å². The number of halogens is 1. The standard InChI is InChI=1S/C12H14BrNO2/c13-9-5-11-10(15-6-16-11)4-8(9)12(14)7-2-1-3-7/h4-5,7,12H,1-3,6,14H2/t12-/m0/s1. The van der Waals surface area contributed by atoms with E-state index in [9.17, 15) is 0 Å². The molecule has 3 rings (SSSR count).